The van der Waals surface area contributed by atoms with Gasteiger partial charge in [0.25, 0.3) is 0 Å². The zero-order valence-electron chi connectivity index (χ0n) is 12.1. The van der Waals surface area contributed by atoms with Crippen molar-refractivity contribution in [3.05, 3.63) is 42.6 Å². The van der Waals surface area contributed by atoms with Crippen LogP contribution in [0.2, 0.25) is 0 Å². The number of carbonyl (C=O) groups is 1. The summed E-state index contributed by atoms with van der Waals surface area (Å²) in [5, 5.41) is 0. The second-order valence-electron chi connectivity index (χ2n) is 5.38. The molecule has 1 fully saturated rings. The van der Waals surface area contributed by atoms with E-state index in [4.69, 9.17) is 4.98 Å². The second kappa shape index (κ2) is 5.99. The maximum atomic E-state index is 11.5. The summed E-state index contributed by atoms with van der Waals surface area (Å²) in [7, 11) is 0. The minimum atomic E-state index is 0.135. The zero-order valence-corrected chi connectivity index (χ0v) is 12.1. The monoisotopic (exact) mass is 282 g/mol. The first-order valence-electron chi connectivity index (χ1n) is 7.22. The van der Waals surface area contributed by atoms with E-state index in [1.807, 2.05) is 23.2 Å². The van der Waals surface area contributed by atoms with E-state index in [9.17, 15) is 4.79 Å². The Bertz CT molecular complexity index is 629. The molecular formula is C16H18N4O. The molecule has 3 heterocycles. The zero-order chi connectivity index (χ0) is 14.7. The maximum Gasteiger partial charge on any atom is 0.219 e. The third-order valence-electron chi connectivity index (χ3n) is 3.90. The number of carbonyl (C=O) groups excluding carboxylic acids is 1. The molecule has 5 heteroatoms. The number of amides is 1. The fourth-order valence-electron chi connectivity index (χ4n) is 2.74. The van der Waals surface area contributed by atoms with Crippen molar-refractivity contribution in [1.29, 1.82) is 0 Å². The van der Waals surface area contributed by atoms with E-state index in [1.54, 1.807) is 25.5 Å². The first-order chi connectivity index (χ1) is 10.2. The van der Waals surface area contributed by atoms with Gasteiger partial charge >= 0.3 is 0 Å². The van der Waals surface area contributed by atoms with Crippen LogP contribution in [-0.4, -0.2) is 38.8 Å². The lowest BCUT2D eigenvalue weighted by Gasteiger charge is -2.31. The lowest BCUT2D eigenvalue weighted by molar-refractivity contribution is -0.130. The molecule has 3 rings (SSSR count). The van der Waals surface area contributed by atoms with Crippen LogP contribution in [0.4, 0.5) is 0 Å². The Labute approximate surface area is 124 Å². The molecule has 2 aromatic rings. The number of hydrogen-bond donors (Lipinski definition) is 0. The molecular weight excluding hydrogens is 264 g/mol. The van der Waals surface area contributed by atoms with Crippen LogP contribution in [-0.2, 0) is 4.79 Å². The normalized spacial score (nSPS) is 18.5. The van der Waals surface area contributed by atoms with Crippen LogP contribution in [0.1, 0.15) is 31.4 Å². The van der Waals surface area contributed by atoms with Crippen molar-refractivity contribution in [3.63, 3.8) is 0 Å². The highest BCUT2D eigenvalue weighted by atomic mass is 16.2. The van der Waals surface area contributed by atoms with E-state index < -0.39 is 0 Å². The van der Waals surface area contributed by atoms with E-state index >= 15 is 0 Å². The summed E-state index contributed by atoms with van der Waals surface area (Å²) in [4.78, 5) is 26.6. The van der Waals surface area contributed by atoms with Crippen LogP contribution >= 0.6 is 0 Å². The standard InChI is InChI=1S/C16H18N4O/c1-12(21)20-7-3-5-14(11-20)16-10-18-9-15(19-16)13-4-2-6-17-8-13/h2,4,6,8-10,14H,3,5,7,11H2,1H3/t14-/m0/s1. The molecule has 1 amide bonds. The van der Waals surface area contributed by atoms with Crippen LogP contribution in [0.5, 0.6) is 0 Å². The highest BCUT2D eigenvalue weighted by molar-refractivity contribution is 5.73. The number of likely N-dealkylation sites (tertiary alicyclic amines) is 1. The van der Waals surface area contributed by atoms with Crippen LogP contribution in [0.3, 0.4) is 0 Å². The van der Waals surface area contributed by atoms with Crippen molar-refractivity contribution in [3.8, 4) is 11.3 Å². The van der Waals surface area contributed by atoms with Gasteiger partial charge in [0.15, 0.2) is 0 Å². The van der Waals surface area contributed by atoms with Crippen molar-refractivity contribution in [2.45, 2.75) is 25.7 Å². The SMILES string of the molecule is CC(=O)N1CCC[C@H](c2cncc(-c3cccnc3)n2)C1. The van der Waals surface area contributed by atoms with Crippen molar-refractivity contribution in [1.82, 2.24) is 19.9 Å². The molecule has 0 aromatic carbocycles. The van der Waals surface area contributed by atoms with Crippen molar-refractivity contribution >= 4 is 5.91 Å². The van der Waals surface area contributed by atoms with Gasteiger partial charge in [0.05, 0.1) is 17.6 Å². The minimum Gasteiger partial charge on any atom is -0.342 e. The summed E-state index contributed by atoms with van der Waals surface area (Å²) >= 11 is 0. The van der Waals surface area contributed by atoms with Gasteiger partial charge in [-0.3, -0.25) is 14.8 Å². The molecule has 21 heavy (non-hydrogen) atoms. The Morgan fingerprint density at radius 1 is 1.29 bits per heavy atom. The molecule has 1 aliphatic heterocycles. The predicted octanol–water partition coefficient (Wildman–Crippen LogP) is 2.26. The van der Waals surface area contributed by atoms with E-state index in [1.165, 1.54) is 0 Å². The first-order valence-corrected chi connectivity index (χ1v) is 7.22. The first kappa shape index (κ1) is 13.7. The minimum absolute atomic E-state index is 0.135. The molecule has 5 nitrogen and oxygen atoms in total. The molecule has 0 bridgehead atoms. The molecule has 108 valence electrons. The summed E-state index contributed by atoms with van der Waals surface area (Å²) < 4.78 is 0. The average Bonchev–Trinajstić information content (AvgIpc) is 2.56. The van der Waals surface area contributed by atoms with Gasteiger partial charge in [-0.25, -0.2) is 4.98 Å². The van der Waals surface area contributed by atoms with E-state index in [-0.39, 0.29) is 11.8 Å². The van der Waals surface area contributed by atoms with E-state index in [0.717, 1.165) is 42.9 Å². The van der Waals surface area contributed by atoms with Gasteiger partial charge in [-0.15, -0.1) is 0 Å². The van der Waals surface area contributed by atoms with E-state index in [0.29, 0.717) is 0 Å². The quantitative estimate of drug-likeness (QED) is 0.847. The predicted molar refractivity (Wildman–Crippen MR) is 79.5 cm³/mol. The van der Waals surface area contributed by atoms with Crippen molar-refractivity contribution in [2.24, 2.45) is 0 Å². The van der Waals surface area contributed by atoms with Gasteiger partial charge < -0.3 is 4.90 Å². The average molecular weight is 282 g/mol. The molecule has 0 aliphatic carbocycles. The third kappa shape index (κ3) is 3.07. The van der Waals surface area contributed by atoms with Gasteiger partial charge in [-0.05, 0) is 25.0 Å². The fourth-order valence-corrected chi connectivity index (χ4v) is 2.74. The highest BCUT2D eigenvalue weighted by Crippen LogP contribution is 2.26. The molecule has 1 aliphatic rings. The number of piperidine rings is 1. The van der Waals surface area contributed by atoms with Gasteiger partial charge in [0.1, 0.15) is 0 Å². The van der Waals surface area contributed by atoms with Gasteiger partial charge in [-0.2, -0.15) is 0 Å². The van der Waals surface area contributed by atoms with Crippen LogP contribution in [0, 0.1) is 0 Å². The summed E-state index contributed by atoms with van der Waals surface area (Å²) in [6.45, 7) is 3.21. The smallest absolute Gasteiger partial charge is 0.219 e. The molecule has 0 saturated carbocycles. The molecule has 2 aromatic heterocycles. The summed E-state index contributed by atoms with van der Waals surface area (Å²) in [6.07, 6.45) is 9.17. The van der Waals surface area contributed by atoms with Gasteiger partial charge in [0, 0.05) is 50.1 Å². The van der Waals surface area contributed by atoms with Crippen molar-refractivity contribution in [2.75, 3.05) is 13.1 Å². The lowest BCUT2D eigenvalue weighted by atomic mass is 9.95. The van der Waals surface area contributed by atoms with Crippen molar-refractivity contribution < 1.29 is 4.79 Å². The Kier molecular flexibility index (Phi) is 3.90. The topological polar surface area (TPSA) is 59.0 Å². The lowest BCUT2D eigenvalue weighted by Crippen LogP contribution is -2.37. The molecule has 0 unspecified atom stereocenters. The summed E-state index contributed by atoms with van der Waals surface area (Å²) in [6, 6.07) is 3.87. The number of hydrogen-bond acceptors (Lipinski definition) is 4. The highest BCUT2D eigenvalue weighted by Gasteiger charge is 2.24. The number of rotatable bonds is 2. The van der Waals surface area contributed by atoms with Crippen LogP contribution < -0.4 is 0 Å². The Morgan fingerprint density at radius 2 is 2.19 bits per heavy atom. The molecule has 1 atom stereocenters. The molecule has 0 N–H and O–H groups in total. The Balaban J connectivity index is 1.84. The largest absolute Gasteiger partial charge is 0.342 e. The van der Waals surface area contributed by atoms with Gasteiger partial charge in [0.2, 0.25) is 5.91 Å². The summed E-state index contributed by atoms with van der Waals surface area (Å²) in [5.41, 5.74) is 2.76. The van der Waals surface area contributed by atoms with Crippen LogP contribution in [0.25, 0.3) is 11.3 Å². The molecule has 0 spiro atoms. The number of aromatic nitrogens is 3. The number of nitrogens with zero attached hydrogens (tertiary/aromatic N) is 4. The van der Waals surface area contributed by atoms with Gasteiger partial charge in [-0.1, -0.05) is 0 Å². The Morgan fingerprint density at radius 3 is 2.95 bits per heavy atom. The molecule has 0 radical (unpaired) electrons. The van der Waals surface area contributed by atoms with E-state index in [2.05, 4.69) is 9.97 Å². The second-order valence-corrected chi connectivity index (χ2v) is 5.38. The Hall–Kier alpha value is -2.30. The summed E-state index contributed by atoms with van der Waals surface area (Å²) in [5.74, 6) is 0.405. The fraction of sp³-hybridized carbons (Fsp3) is 0.375. The number of pyridine rings is 1. The van der Waals surface area contributed by atoms with Crippen LogP contribution in [0.15, 0.2) is 36.9 Å². The maximum absolute atomic E-state index is 11.5. The third-order valence-corrected chi connectivity index (χ3v) is 3.90. The molecule has 1 saturated heterocycles.